The molecule has 4 aromatic rings. The second-order valence-electron chi connectivity index (χ2n) is 10.6. The standard InChI is InChI=1S/C33H32ClN7O6S.2ClH/c1-17(37)32(42)45-15-24(47-33(43)18(2)38)14-44-23-10-6-20(7-11-23)28-25(12-35)29(39)41-31(26(28)13-36)48-16-27-19(3)46-30(40-27)21-4-8-22(34)9-5-21;;/h4-11,17-18,24H,14-16,37-38H2,1-3H3,(H2,39,41);2*1H/t17-,18?,24-;;/m0../s1. The summed E-state index contributed by atoms with van der Waals surface area (Å²) in [5.41, 5.74) is 19.8. The third-order valence-corrected chi connectivity index (χ3v) is 8.00. The highest BCUT2D eigenvalue weighted by Crippen LogP contribution is 2.37. The molecule has 2 heterocycles. The molecule has 1 unspecified atom stereocenters. The molecule has 6 N–H and O–H groups in total. The highest BCUT2D eigenvalue weighted by atomic mass is 35.5. The van der Waals surface area contributed by atoms with Gasteiger partial charge in [0.25, 0.3) is 0 Å². The molecule has 0 radical (unpaired) electrons. The Morgan fingerprint density at radius 1 is 0.920 bits per heavy atom. The summed E-state index contributed by atoms with van der Waals surface area (Å²) in [5.74, 6) is 0.310. The van der Waals surface area contributed by atoms with Gasteiger partial charge in [-0.1, -0.05) is 35.5 Å². The van der Waals surface area contributed by atoms with E-state index in [1.165, 1.54) is 25.6 Å². The van der Waals surface area contributed by atoms with Crippen LogP contribution in [0.2, 0.25) is 5.02 Å². The average molecular weight is 763 g/mol. The number of esters is 2. The summed E-state index contributed by atoms with van der Waals surface area (Å²) in [6.07, 6.45) is -0.962. The van der Waals surface area contributed by atoms with Crippen LogP contribution in [0.15, 0.2) is 58.0 Å². The van der Waals surface area contributed by atoms with Gasteiger partial charge in [-0.15, -0.1) is 24.8 Å². The van der Waals surface area contributed by atoms with Crippen molar-refractivity contribution in [3.05, 3.63) is 76.1 Å². The van der Waals surface area contributed by atoms with Crippen molar-refractivity contribution in [2.45, 2.75) is 49.7 Å². The van der Waals surface area contributed by atoms with Gasteiger partial charge < -0.3 is 35.8 Å². The lowest BCUT2D eigenvalue weighted by Gasteiger charge is -2.20. The molecule has 3 atom stereocenters. The zero-order valence-corrected chi connectivity index (χ0v) is 30.3. The number of anilines is 1. The van der Waals surface area contributed by atoms with Gasteiger partial charge in [-0.05, 0) is 62.7 Å². The fourth-order valence-corrected chi connectivity index (χ4v) is 5.33. The summed E-state index contributed by atoms with van der Waals surface area (Å²) in [7, 11) is 0. The van der Waals surface area contributed by atoms with Gasteiger partial charge in [0.2, 0.25) is 5.89 Å². The predicted molar refractivity (Wildman–Crippen MR) is 193 cm³/mol. The number of hydrogen-bond donors (Lipinski definition) is 3. The Morgan fingerprint density at radius 2 is 1.52 bits per heavy atom. The van der Waals surface area contributed by atoms with Crippen molar-refractivity contribution in [2.24, 2.45) is 11.5 Å². The smallest absolute Gasteiger partial charge is 0.323 e. The van der Waals surface area contributed by atoms with E-state index < -0.39 is 30.1 Å². The van der Waals surface area contributed by atoms with Crippen molar-refractivity contribution in [1.82, 2.24) is 9.97 Å². The SMILES string of the molecule is Cc1oc(-c2ccc(Cl)cc2)nc1CSc1nc(N)c(C#N)c(-c2ccc(OC[C@@H](COC(=O)[C@H](C)N)OC(=O)C(C)N)cc2)c1C#N.Cl.Cl. The Labute approximate surface area is 310 Å². The van der Waals surface area contributed by atoms with Gasteiger partial charge in [-0.25, -0.2) is 9.97 Å². The van der Waals surface area contributed by atoms with Crippen molar-refractivity contribution in [2.75, 3.05) is 18.9 Å². The van der Waals surface area contributed by atoms with Crippen molar-refractivity contribution < 1.29 is 28.2 Å². The number of halogens is 3. The average Bonchev–Trinajstić information content (AvgIpc) is 3.44. The van der Waals surface area contributed by atoms with Gasteiger partial charge in [-0.2, -0.15) is 10.5 Å². The van der Waals surface area contributed by atoms with Gasteiger partial charge in [-0.3, -0.25) is 9.59 Å². The molecule has 2 aromatic carbocycles. The Bertz CT molecular complexity index is 1880. The van der Waals surface area contributed by atoms with Gasteiger partial charge in [0.15, 0.2) is 6.10 Å². The normalized spacial score (nSPS) is 12.2. The number of thioether (sulfide) groups is 1. The van der Waals surface area contributed by atoms with E-state index >= 15 is 0 Å². The minimum atomic E-state index is -0.962. The number of carbonyl (C=O) groups is 2. The number of hydrogen-bond acceptors (Lipinski definition) is 14. The number of carbonyl (C=O) groups excluding carboxylic acids is 2. The lowest BCUT2D eigenvalue weighted by atomic mass is 9.97. The van der Waals surface area contributed by atoms with Crippen LogP contribution in [0.3, 0.4) is 0 Å². The number of oxazole rings is 1. The van der Waals surface area contributed by atoms with Crippen molar-refractivity contribution >= 4 is 65.9 Å². The first-order chi connectivity index (χ1) is 22.9. The van der Waals surface area contributed by atoms with Gasteiger partial charge >= 0.3 is 11.9 Å². The predicted octanol–water partition coefficient (Wildman–Crippen LogP) is 5.36. The van der Waals surface area contributed by atoms with E-state index in [0.29, 0.717) is 50.0 Å². The van der Waals surface area contributed by atoms with Gasteiger partial charge in [0.1, 0.15) is 65.4 Å². The molecule has 0 saturated heterocycles. The van der Waals surface area contributed by atoms with Gasteiger partial charge in [0.05, 0.1) is 11.3 Å². The quantitative estimate of drug-likeness (QED) is 0.115. The number of ether oxygens (including phenoxy) is 3. The molecular formula is C33H34Cl3N7O6S. The van der Waals surface area contributed by atoms with E-state index in [0.717, 1.165) is 5.56 Å². The third-order valence-electron chi connectivity index (χ3n) is 6.76. The maximum atomic E-state index is 12.1. The first kappa shape index (κ1) is 41.6. The highest BCUT2D eigenvalue weighted by Gasteiger charge is 2.23. The molecule has 2 aromatic heterocycles. The lowest BCUT2D eigenvalue weighted by Crippen LogP contribution is -2.38. The number of nitrogen functional groups attached to an aromatic ring is 1. The number of rotatable bonds is 13. The number of nitrogens with two attached hydrogens (primary N) is 3. The summed E-state index contributed by atoms with van der Waals surface area (Å²) < 4.78 is 22.1. The molecule has 13 nitrogen and oxygen atoms in total. The lowest BCUT2D eigenvalue weighted by molar-refractivity contribution is -0.162. The van der Waals surface area contributed by atoms with E-state index in [1.54, 1.807) is 55.5 Å². The highest BCUT2D eigenvalue weighted by molar-refractivity contribution is 7.98. The Hall–Kier alpha value is -4.54. The minimum absolute atomic E-state index is 0. The monoisotopic (exact) mass is 761 g/mol. The number of nitriles is 2. The topological polar surface area (TPSA) is 226 Å². The molecule has 0 saturated carbocycles. The van der Waals surface area contributed by atoms with Crippen LogP contribution in [0.5, 0.6) is 5.75 Å². The van der Waals surface area contributed by atoms with Crippen LogP contribution in [-0.4, -0.2) is 53.3 Å². The van der Waals surface area contributed by atoms with E-state index in [2.05, 4.69) is 22.1 Å². The number of aromatic nitrogens is 2. The first-order valence-electron chi connectivity index (χ1n) is 14.5. The minimum Gasteiger partial charge on any atom is -0.490 e. The van der Waals surface area contributed by atoms with Crippen LogP contribution >= 0.6 is 48.2 Å². The summed E-state index contributed by atoms with van der Waals surface area (Å²) in [6.45, 7) is 4.26. The van der Waals surface area contributed by atoms with Crippen LogP contribution < -0.4 is 21.9 Å². The summed E-state index contributed by atoms with van der Waals surface area (Å²) in [5, 5.41) is 21.1. The molecule has 0 aliphatic heterocycles. The second kappa shape index (κ2) is 19.0. The molecule has 264 valence electrons. The Kier molecular flexibility index (Phi) is 15.8. The summed E-state index contributed by atoms with van der Waals surface area (Å²) in [6, 6.07) is 16.1. The summed E-state index contributed by atoms with van der Waals surface area (Å²) >= 11 is 7.23. The van der Waals surface area contributed by atoms with Crippen molar-refractivity contribution in [3.8, 4) is 40.5 Å². The zero-order chi connectivity index (χ0) is 35.0. The maximum Gasteiger partial charge on any atom is 0.323 e. The Balaban J connectivity index is 0.00000433. The molecule has 0 bridgehead atoms. The van der Waals surface area contributed by atoms with Crippen LogP contribution in [0.1, 0.15) is 36.4 Å². The number of benzene rings is 2. The molecule has 50 heavy (non-hydrogen) atoms. The number of nitrogens with zero attached hydrogens (tertiary/aromatic N) is 4. The van der Waals surface area contributed by atoms with E-state index in [9.17, 15) is 20.1 Å². The molecule has 0 spiro atoms. The molecule has 4 rings (SSSR count). The fraction of sp³-hybridized carbons (Fsp3) is 0.273. The van der Waals surface area contributed by atoms with Crippen LogP contribution in [-0.2, 0) is 24.8 Å². The van der Waals surface area contributed by atoms with Crippen molar-refractivity contribution in [3.63, 3.8) is 0 Å². The first-order valence-corrected chi connectivity index (χ1v) is 15.9. The number of aryl methyl sites for hydroxylation is 1. The molecule has 0 amide bonds. The van der Waals surface area contributed by atoms with E-state index in [-0.39, 0.29) is 55.0 Å². The second-order valence-corrected chi connectivity index (χ2v) is 12.0. The van der Waals surface area contributed by atoms with E-state index in [4.69, 9.17) is 47.4 Å². The zero-order valence-electron chi connectivity index (χ0n) is 27.0. The van der Waals surface area contributed by atoms with Crippen molar-refractivity contribution in [1.29, 1.82) is 10.5 Å². The molecule has 0 aliphatic carbocycles. The molecule has 0 aliphatic rings. The molecule has 0 fully saturated rings. The van der Waals surface area contributed by atoms with Crippen LogP contribution in [0.4, 0.5) is 5.82 Å². The van der Waals surface area contributed by atoms with Crippen LogP contribution in [0.25, 0.3) is 22.6 Å². The van der Waals surface area contributed by atoms with Crippen LogP contribution in [0, 0.1) is 29.6 Å². The number of pyridine rings is 1. The van der Waals surface area contributed by atoms with Gasteiger partial charge in [0, 0.05) is 21.9 Å². The maximum absolute atomic E-state index is 12.1. The Morgan fingerprint density at radius 3 is 2.10 bits per heavy atom. The molecular weight excluding hydrogens is 729 g/mol. The third kappa shape index (κ3) is 10.5. The fourth-order valence-electron chi connectivity index (χ4n) is 4.21. The summed E-state index contributed by atoms with van der Waals surface area (Å²) in [4.78, 5) is 32.9. The largest absolute Gasteiger partial charge is 0.490 e. The van der Waals surface area contributed by atoms with E-state index in [1.807, 2.05) is 0 Å². The molecule has 17 heteroatoms.